The number of nitrogen functional groups attached to an aromatic ring is 1. The van der Waals surface area contributed by atoms with E-state index in [2.05, 4.69) is 20.9 Å². The van der Waals surface area contributed by atoms with Crippen LogP contribution < -0.4 is 10.5 Å². The van der Waals surface area contributed by atoms with E-state index in [1.165, 1.54) is 30.6 Å². The first-order valence-electron chi connectivity index (χ1n) is 4.37. The second kappa shape index (κ2) is 4.39. The molecule has 0 saturated heterocycles. The summed E-state index contributed by atoms with van der Waals surface area (Å²) in [5, 5.41) is 0.424. The average molecular weight is 303 g/mol. The van der Waals surface area contributed by atoms with Crippen molar-refractivity contribution in [2.45, 2.75) is 0 Å². The van der Waals surface area contributed by atoms with E-state index in [-0.39, 0.29) is 5.82 Å². The zero-order valence-electron chi connectivity index (χ0n) is 8.33. The molecule has 2 aromatic rings. The fourth-order valence-corrected chi connectivity index (χ4v) is 2.72. The molecule has 6 heteroatoms. The number of thiazole rings is 1. The normalized spacial score (nSPS) is 10.4. The summed E-state index contributed by atoms with van der Waals surface area (Å²) >= 11 is 4.63. The number of ether oxygens (including phenoxy) is 1. The molecule has 0 amide bonds. The van der Waals surface area contributed by atoms with Gasteiger partial charge in [-0.05, 0) is 34.1 Å². The molecule has 1 heterocycles. The second-order valence-electron chi connectivity index (χ2n) is 3.02. The second-order valence-corrected chi connectivity index (χ2v) is 5.37. The van der Waals surface area contributed by atoms with Crippen LogP contribution in [0.3, 0.4) is 0 Å². The molecular weight excluding hydrogens is 295 g/mol. The number of aromatic nitrogens is 1. The third kappa shape index (κ3) is 2.03. The topological polar surface area (TPSA) is 48.1 Å². The maximum absolute atomic E-state index is 13.2. The van der Waals surface area contributed by atoms with Crippen LogP contribution in [0.2, 0.25) is 0 Å². The van der Waals surface area contributed by atoms with Crippen molar-refractivity contribution in [2.75, 3.05) is 12.8 Å². The van der Waals surface area contributed by atoms with Gasteiger partial charge in [0.1, 0.15) is 17.3 Å². The van der Waals surface area contributed by atoms with Crippen LogP contribution in [0.25, 0.3) is 11.3 Å². The SMILES string of the molecule is COc1ccc(F)cc1-c1nc(N)sc1Br. The van der Waals surface area contributed by atoms with Crippen LogP contribution in [0.15, 0.2) is 22.0 Å². The van der Waals surface area contributed by atoms with Gasteiger partial charge in [0.05, 0.1) is 10.9 Å². The van der Waals surface area contributed by atoms with Crippen molar-refractivity contribution in [1.29, 1.82) is 0 Å². The number of nitrogens with two attached hydrogens (primary N) is 1. The van der Waals surface area contributed by atoms with E-state index in [1.54, 1.807) is 6.07 Å². The summed E-state index contributed by atoms with van der Waals surface area (Å²) in [5.41, 5.74) is 6.77. The third-order valence-corrected chi connectivity index (χ3v) is 3.55. The Morgan fingerprint density at radius 3 is 2.81 bits per heavy atom. The van der Waals surface area contributed by atoms with Crippen molar-refractivity contribution >= 4 is 32.4 Å². The predicted molar refractivity (Wildman–Crippen MR) is 66.2 cm³/mol. The first-order chi connectivity index (χ1) is 7.61. The van der Waals surface area contributed by atoms with E-state index in [9.17, 15) is 4.39 Å². The Kier molecular flexibility index (Phi) is 3.11. The minimum absolute atomic E-state index is 0.339. The Labute approximate surface area is 104 Å². The summed E-state index contributed by atoms with van der Waals surface area (Å²) in [4.78, 5) is 4.13. The molecule has 2 N–H and O–H groups in total. The maximum atomic E-state index is 13.2. The number of hydrogen-bond donors (Lipinski definition) is 1. The molecule has 0 aliphatic rings. The number of rotatable bonds is 2. The first kappa shape index (κ1) is 11.3. The maximum Gasteiger partial charge on any atom is 0.181 e. The molecule has 0 atom stereocenters. The number of methoxy groups -OCH3 is 1. The van der Waals surface area contributed by atoms with Gasteiger partial charge in [-0.2, -0.15) is 0 Å². The molecule has 0 unspecified atom stereocenters. The predicted octanol–water partition coefficient (Wildman–Crippen LogP) is 3.30. The number of benzene rings is 1. The summed E-state index contributed by atoms with van der Waals surface area (Å²) in [6, 6.07) is 4.27. The summed E-state index contributed by atoms with van der Waals surface area (Å²) < 4.78 is 19.1. The molecule has 1 aromatic heterocycles. The zero-order chi connectivity index (χ0) is 11.7. The quantitative estimate of drug-likeness (QED) is 0.926. The van der Waals surface area contributed by atoms with Gasteiger partial charge in [-0.25, -0.2) is 9.37 Å². The Balaban J connectivity index is 2.62. The highest BCUT2D eigenvalue weighted by Gasteiger charge is 2.14. The Morgan fingerprint density at radius 1 is 1.50 bits per heavy atom. The highest BCUT2D eigenvalue weighted by molar-refractivity contribution is 9.11. The molecule has 0 radical (unpaired) electrons. The molecule has 16 heavy (non-hydrogen) atoms. The minimum Gasteiger partial charge on any atom is -0.496 e. The molecule has 3 nitrogen and oxygen atoms in total. The molecule has 2 rings (SSSR count). The zero-order valence-corrected chi connectivity index (χ0v) is 10.7. The summed E-state index contributed by atoms with van der Waals surface area (Å²) in [5.74, 6) is 0.224. The van der Waals surface area contributed by atoms with Crippen LogP contribution in [0.5, 0.6) is 5.75 Å². The van der Waals surface area contributed by atoms with E-state index < -0.39 is 0 Å². The monoisotopic (exact) mass is 302 g/mol. The summed E-state index contributed by atoms with van der Waals surface area (Å²) in [7, 11) is 1.53. The van der Waals surface area contributed by atoms with E-state index in [0.717, 1.165) is 3.79 Å². The van der Waals surface area contributed by atoms with E-state index in [0.29, 0.717) is 22.1 Å². The largest absolute Gasteiger partial charge is 0.496 e. The van der Waals surface area contributed by atoms with Crippen molar-refractivity contribution in [3.63, 3.8) is 0 Å². The lowest BCUT2D eigenvalue weighted by Gasteiger charge is -2.06. The lowest BCUT2D eigenvalue weighted by molar-refractivity contribution is 0.415. The third-order valence-electron chi connectivity index (χ3n) is 2.02. The molecule has 0 fully saturated rings. The molecule has 0 bridgehead atoms. The van der Waals surface area contributed by atoms with Crippen molar-refractivity contribution < 1.29 is 9.13 Å². The molecule has 0 spiro atoms. The van der Waals surface area contributed by atoms with Gasteiger partial charge in [0.25, 0.3) is 0 Å². The van der Waals surface area contributed by atoms with E-state index >= 15 is 0 Å². The van der Waals surface area contributed by atoms with Gasteiger partial charge in [0.2, 0.25) is 0 Å². The Morgan fingerprint density at radius 2 is 2.25 bits per heavy atom. The van der Waals surface area contributed by atoms with Crippen LogP contribution in [0, 0.1) is 5.82 Å². The summed E-state index contributed by atoms with van der Waals surface area (Å²) in [6.07, 6.45) is 0. The van der Waals surface area contributed by atoms with Crippen LogP contribution in [0.1, 0.15) is 0 Å². The fraction of sp³-hybridized carbons (Fsp3) is 0.100. The van der Waals surface area contributed by atoms with Crippen molar-refractivity contribution in [2.24, 2.45) is 0 Å². The van der Waals surface area contributed by atoms with Gasteiger partial charge in [-0.1, -0.05) is 11.3 Å². The highest BCUT2D eigenvalue weighted by atomic mass is 79.9. The van der Waals surface area contributed by atoms with Crippen LogP contribution in [-0.2, 0) is 0 Å². The lowest BCUT2D eigenvalue weighted by Crippen LogP contribution is -1.90. The van der Waals surface area contributed by atoms with Gasteiger partial charge in [-0.15, -0.1) is 0 Å². The van der Waals surface area contributed by atoms with E-state index in [1.807, 2.05) is 0 Å². The fourth-order valence-electron chi connectivity index (χ4n) is 1.35. The molecular formula is C10H8BrFN2OS. The molecule has 0 aliphatic heterocycles. The van der Waals surface area contributed by atoms with Crippen molar-refractivity contribution in [3.05, 3.63) is 27.8 Å². The van der Waals surface area contributed by atoms with Gasteiger partial charge < -0.3 is 10.5 Å². The number of nitrogens with zero attached hydrogens (tertiary/aromatic N) is 1. The van der Waals surface area contributed by atoms with Gasteiger partial charge in [0, 0.05) is 5.56 Å². The van der Waals surface area contributed by atoms with Gasteiger partial charge >= 0.3 is 0 Å². The van der Waals surface area contributed by atoms with Gasteiger partial charge in [-0.3, -0.25) is 0 Å². The number of anilines is 1. The average Bonchev–Trinajstić information content (AvgIpc) is 2.57. The smallest absolute Gasteiger partial charge is 0.181 e. The first-order valence-corrected chi connectivity index (χ1v) is 5.98. The molecule has 1 aromatic carbocycles. The lowest BCUT2D eigenvalue weighted by atomic mass is 10.1. The molecule has 84 valence electrons. The van der Waals surface area contributed by atoms with Crippen LogP contribution >= 0.6 is 27.3 Å². The standard InChI is InChI=1S/C10H8BrFN2OS/c1-15-7-3-2-5(12)4-6(7)8-9(11)16-10(13)14-8/h2-4H,1H3,(H2,13,14). The van der Waals surface area contributed by atoms with Crippen molar-refractivity contribution in [1.82, 2.24) is 4.98 Å². The van der Waals surface area contributed by atoms with Crippen molar-refractivity contribution in [3.8, 4) is 17.0 Å². The molecule has 0 saturated carbocycles. The van der Waals surface area contributed by atoms with Gasteiger partial charge in [0.15, 0.2) is 5.13 Å². The summed E-state index contributed by atoms with van der Waals surface area (Å²) in [6.45, 7) is 0. The van der Waals surface area contributed by atoms with Crippen LogP contribution in [0.4, 0.5) is 9.52 Å². The van der Waals surface area contributed by atoms with E-state index in [4.69, 9.17) is 10.5 Å². The molecule has 0 aliphatic carbocycles. The van der Waals surface area contributed by atoms with Crippen LogP contribution in [-0.4, -0.2) is 12.1 Å². The Hall–Kier alpha value is -1.14. The Bertz CT molecular complexity index is 530. The number of hydrogen-bond acceptors (Lipinski definition) is 4. The minimum atomic E-state index is -0.339. The number of halogens is 2. The highest BCUT2D eigenvalue weighted by Crippen LogP contribution is 2.38.